The second-order valence-corrected chi connectivity index (χ2v) is 8.82. The molecular formula is C20H28O3. The van der Waals surface area contributed by atoms with E-state index in [9.17, 15) is 9.59 Å². The van der Waals surface area contributed by atoms with E-state index in [1.54, 1.807) is 7.11 Å². The molecule has 3 nitrogen and oxygen atoms in total. The zero-order chi connectivity index (χ0) is 16.4. The Morgan fingerprint density at radius 2 is 1.83 bits per heavy atom. The maximum absolute atomic E-state index is 12.9. The van der Waals surface area contributed by atoms with E-state index >= 15 is 0 Å². The number of fused-ring (bicyclic) bond motifs is 5. The van der Waals surface area contributed by atoms with Crippen LogP contribution in [-0.4, -0.2) is 18.7 Å². The lowest BCUT2D eigenvalue weighted by atomic mass is 9.45. The van der Waals surface area contributed by atoms with Gasteiger partial charge in [0.25, 0.3) is 0 Å². The number of hydrogen-bond acceptors (Lipinski definition) is 3. The maximum atomic E-state index is 12.9. The monoisotopic (exact) mass is 316 g/mol. The smallest absolute Gasteiger partial charge is 0.225 e. The lowest BCUT2D eigenvalue weighted by Crippen LogP contribution is -2.57. The lowest BCUT2D eigenvalue weighted by molar-refractivity contribution is -0.157. The molecule has 0 N–H and O–H groups in total. The Bertz CT molecular complexity index is 592. The summed E-state index contributed by atoms with van der Waals surface area (Å²) < 4.78 is 5.52. The van der Waals surface area contributed by atoms with Gasteiger partial charge < -0.3 is 4.74 Å². The quantitative estimate of drug-likeness (QED) is 0.689. The minimum atomic E-state index is -0.538. The van der Waals surface area contributed by atoms with Gasteiger partial charge in [-0.05, 0) is 61.7 Å². The fraction of sp³-hybridized carbons (Fsp3) is 0.800. The first-order chi connectivity index (χ1) is 10.9. The topological polar surface area (TPSA) is 43.4 Å². The summed E-state index contributed by atoms with van der Waals surface area (Å²) in [7, 11) is 1.64. The summed E-state index contributed by atoms with van der Waals surface area (Å²) in [5.41, 5.74) is -0.0595. The molecule has 6 atom stereocenters. The Hall–Kier alpha value is -1.12. The average molecular weight is 316 g/mol. The fourth-order valence-electron chi connectivity index (χ4n) is 6.87. The van der Waals surface area contributed by atoms with Gasteiger partial charge in [0.2, 0.25) is 11.6 Å². The molecule has 3 saturated carbocycles. The highest BCUT2D eigenvalue weighted by atomic mass is 16.5. The van der Waals surface area contributed by atoms with E-state index in [1.807, 2.05) is 0 Å². The highest BCUT2D eigenvalue weighted by molar-refractivity contribution is 6.44. The van der Waals surface area contributed by atoms with Gasteiger partial charge in [0.15, 0.2) is 0 Å². The number of Topliss-reactive ketones (excluding diaryl/α,β-unsaturated/α-hetero) is 1. The minimum Gasteiger partial charge on any atom is -0.501 e. The van der Waals surface area contributed by atoms with Crippen LogP contribution in [0.4, 0.5) is 0 Å². The molecule has 0 saturated heterocycles. The maximum Gasteiger partial charge on any atom is 0.225 e. The van der Waals surface area contributed by atoms with Crippen LogP contribution < -0.4 is 0 Å². The summed E-state index contributed by atoms with van der Waals surface area (Å²) >= 11 is 0. The summed E-state index contributed by atoms with van der Waals surface area (Å²) in [6.45, 7) is 4.53. The van der Waals surface area contributed by atoms with Crippen molar-refractivity contribution in [1.82, 2.24) is 0 Å². The molecule has 126 valence electrons. The van der Waals surface area contributed by atoms with Crippen molar-refractivity contribution in [3.63, 3.8) is 0 Å². The molecule has 3 heteroatoms. The zero-order valence-electron chi connectivity index (χ0n) is 14.6. The lowest BCUT2D eigenvalue weighted by Gasteiger charge is -2.58. The van der Waals surface area contributed by atoms with Crippen LogP contribution in [0, 0.1) is 34.5 Å². The number of ketones is 2. The number of allylic oxidation sites excluding steroid dienone is 2. The summed E-state index contributed by atoms with van der Waals surface area (Å²) in [6.07, 6.45) is 9.94. The van der Waals surface area contributed by atoms with Gasteiger partial charge in [-0.25, -0.2) is 0 Å². The van der Waals surface area contributed by atoms with Gasteiger partial charge in [-0.15, -0.1) is 0 Å². The van der Waals surface area contributed by atoms with Crippen molar-refractivity contribution in [3.05, 3.63) is 11.8 Å². The molecule has 23 heavy (non-hydrogen) atoms. The van der Waals surface area contributed by atoms with Crippen LogP contribution in [0.5, 0.6) is 0 Å². The Kier molecular flexibility index (Phi) is 3.31. The van der Waals surface area contributed by atoms with Gasteiger partial charge in [-0.2, -0.15) is 0 Å². The molecule has 0 aromatic carbocycles. The van der Waals surface area contributed by atoms with Crippen molar-refractivity contribution in [2.45, 2.75) is 58.8 Å². The number of methoxy groups -OCH3 is 1. The van der Waals surface area contributed by atoms with E-state index in [2.05, 4.69) is 13.8 Å². The fourth-order valence-corrected chi connectivity index (χ4v) is 6.87. The van der Waals surface area contributed by atoms with E-state index in [0.717, 1.165) is 24.5 Å². The van der Waals surface area contributed by atoms with Crippen molar-refractivity contribution < 1.29 is 14.3 Å². The standard InChI is InChI=1S/C20H28O3/c1-19-9-4-5-13(19)12-6-7-15-17(23-3)11-16(21)18(22)20(15,2)14(12)8-10-19/h11-15H,4-10H2,1-3H3/t12-,13-,14-,15?,19-,20+/m0/s1. The van der Waals surface area contributed by atoms with Crippen LogP contribution in [0.1, 0.15) is 58.8 Å². The van der Waals surface area contributed by atoms with Gasteiger partial charge in [0, 0.05) is 17.4 Å². The number of carbonyl (C=O) groups excluding carboxylic acids is 2. The van der Waals surface area contributed by atoms with Gasteiger partial charge in [-0.3, -0.25) is 9.59 Å². The molecule has 3 fully saturated rings. The molecule has 0 aromatic heterocycles. The molecule has 4 rings (SSSR count). The van der Waals surface area contributed by atoms with Crippen molar-refractivity contribution in [3.8, 4) is 0 Å². The average Bonchev–Trinajstić information content (AvgIpc) is 2.93. The van der Waals surface area contributed by atoms with Crippen molar-refractivity contribution in [2.24, 2.45) is 34.5 Å². The highest BCUT2D eigenvalue weighted by Crippen LogP contribution is 2.65. The van der Waals surface area contributed by atoms with Gasteiger partial charge >= 0.3 is 0 Å². The van der Waals surface area contributed by atoms with Crippen LogP contribution in [0.15, 0.2) is 11.8 Å². The predicted octanol–water partition coefficient (Wildman–Crippen LogP) is 3.92. The highest BCUT2D eigenvalue weighted by Gasteiger charge is 2.62. The number of ether oxygens (including phenoxy) is 1. The van der Waals surface area contributed by atoms with Crippen LogP contribution in [0.3, 0.4) is 0 Å². The van der Waals surface area contributed by atoms with E-state index in [-0.39, 0.29) is 17.5 Å². The van der Waals surface area contributed by atoms with E-state index in [0.29, 0.717) is 17.3 Å². The van der Waals surface area contributed by atoms with E-state index in [4.69, 9.17) is 4.74 Å². The van der Waals surface area contributed by atoms with Crippen LogP contribution in [0.25, 0.3) is 0 Å². The summed E-state index contributed by atoms with van der Waals surface area (Å²) in [4.78, 5) is 25.2. The zero-order valence-corrected chi connectivity index (χ0v) is 14.6. The normalized spacial score (nSPS) is 49.1. The SMILES string of the molecule is COC1=CC(=O)C(=O)[C@@]2(C)C1CC[C@H]1[C@@H]3CCC[C@@]3(C)CC[C@@H]12. The first-order valence-corrected chi connectivity index (χ1v) is 9.26. The van der Waals surface area contributed by atoms with Gasteiger partial charge in [0.1, 0.15) is 5.76 Å². The third-order valence-electron chi connectivity index (χ3n) is 8.07. The van der Waals surface area contributed by atoms with Crippen molar-refractivity contribution >= 4 is 11.6 Å². The Morgan fingerprint density at radius 3 is 2.57 bits per heavy atom. The molecule has 0 aliphatic heterocycles. The Labute approximate surface area is 138 Å². The van der Waals surface area contributed by atoms with E-state index < -0.39 is 5.41 Å². The summed E-state index contributed by atoms with van der Waals surface area (Å²) in [5, 5.41) is 0. The van der Waals surface area contributed by atoms with Crippen LogP contribution in [-0.2, 0) is 14.3 Å². The number of rotatable bonds is 1. The number of hydrogen-bond donors (Lipinski definition) is 0. The summed E-state index contributed by atoms with van der Waals surface area (Å²) in [5.74, 6) is 2.07. The first kappa shape index (κ1) is 15.4. The molecule has 0 aromatic rings. The molecule has 4 aliphatic carbocycles. The molecule has 0 radical (unpaired) electrons. The largest absolute Gasteiger partial charge is 0.501 e. The third kappa shape index (κ3) is 1.88. The van der Waals surface area contributed by atoms with Crippen LogP contribution in [0.2, 0.25) is 0 Å². The van der Waals surface area contributed by atoms with Gasteiger partial charge in [-0.1, -0.05) is 20.3 Å². The molecular weight excluding hydrogens is 288 g/mol. The molecule has 0 bridgehead atoms. The second kappa shape index (κ2) is 4.94. The molecule has 4 aliphatic rings. The predicted molar refractivity (Wildman–Crippen MR) is 87.6 cm³/mol. The first-order valence-electron chi connectivity index (χ1n) is 9.26. The second-order valence-electron chi connectivity index (χ2n) is 8.82. The molecule has 0 spiro atoms. The van der Waals surface area contributed by atoms with E-state index in [1.165, 1.54) is 38.2 Å². The van der Waals surface area contributed by atoms with Crippen LogP contribution >= 0.6 is 0 Å². The number of carbonyl (C=O) groups is 2. The molecule has 1 unspecified atom stereocenters. The molecule has 0 heterocycles. The van der Waals surface area contributed by atoms with Gasteiger partial charge in [0.05, 0.1) is 7.11 Å². The van der Waals surface area contributed by atoms with Crippen molar-refractivity contribution in [2.75, 3.05) is 7.11 Å². The van der Waals surface area contributed by atoms with Crippen molar-refractivity contribution in [1.29, 1.82) is 0 Å². The third-order valence-corrected chi connectivity index (χ3v) is 8.07. The Balaban J connectivity index is 1.75. The Morgan fingerprint density at radius 1 is 1.04 bits per heavy atom. The summed E-state index contributed by atoms with van der Waals surface area (Å²) in [6, 6.07) is 0. The molecule has 0 amide bonds. The minimum absolute atomic E-state index is 0.102.